The number of hydrogen-bond acceptors (Lipinski definition) is 5. The van der Waals surface area contributed by atoms with Crippen molar-refractivity contribution in [3.05, 3.63) is 36.4 Å². The van der Waals surface area contributed by atoms with Crippen LogP contribution in [0.25, 0.3) is 10.8 Å². The highest BCUT2D eigenvalue weighted by Crippen LogP contribution is 2.33. The van der Waals surface area contributed by atoms with Gasteiger partial charge in [0, 0.05) is 43.6 Å². The van der Waals surface area contributed by atoms with Crippen LogP contribution in [0.1, 0.15) is 57.8 Å². The highest BCUT2D eigenvalue weighted by atomic mass is 35.5. The van der Waals surface area contributed by atoms with Gasteiger partial charge in [-0.1, -0.05) is 43.5 Å². The molecule has 1 heterocycles. The van der Waals surface area contributed by atoms with Crippen LogP contribution in [0, 0.1) is 11.8 Å². The zero-order valence-electron chi connectivity index (χ0n) is 22.8. The molecule has 1 aliphatic heterocycles. The van der Waals surface area contributed by atoms with Crippen LogP contribution in [0.5, 0.6) is 0 Å². The molecular weight excluding hydrogens is 504 g/mol. The van der Waals surface area contributed by atoms with Gasteiger partial charge in [-0.25, -0.2) is 8.42 Å². The summed E-state index contributed by atoms with van der Waals surface area (Å²) < 4.78 is 28.8. The maximum atomic E-state index is 13.6. The first-order chi connectivity index (χ1) is 17.5. The summed E-state index contributed by atoms with van der Waals surface area (Å²) >= 11 is 0. The number of unbranched alkanes of at least 4 members (excludes halogenated alkanes) is 1. The molecule has 8 heteroatoms. The van der Waals surface area contributed by atoms with Gasteiger partial charge >= 0.3 is 0 Å². The second-order valence-electron chi connectivity index (χ2n) is 11.0. The maximum Gasteiger partial charge on any atom is 0.243 e. The molecule has 1 saturated carbocycles. The molecule has 37 heavy (non-hydrogen) atoms. The van der Waals surface area contributed by atoms with Crippen LogP contribution in [0.2, 0.25) is 0 Å². The summed E-state index contributed by atoms with van der Waals surface area (Å²) in [5, 5.41) is 9.06. The molecule has 6 nitrogen and oxygen atoms in total. The number of fused-ring (bicyclic) bond motifs is 1. The lowest BCUT2D eigenvalue weighted by molar-refractivity contribution is 0.267. The van der Waals surface area contributed by atoms with Gasteiger partial charge in [0.05, 0.1) is 4.90 Å². The first kappa shape index (κ1) is 30.2. The lowest BCUT2D eigenvalue weighted by atomic mass is 9.89. The fraction of sp³-hybridized carbons (Fsp3) is 0.655. The van der Waals surface area contributed by atoms with Crippen molar-refractivity contribution < 1.29 is 8.42 Å². The number of rotatable bonds is 12. The highest BCUT2D eigenvalue weighted by molar-refractivity contribution is 7.89. The monoisotopic (exact) mass is 550 g/mol. The van der Waals surface area contributed by atoms with Gasteiger partial charge in [-0.2, -0.15) is 4.31 Å². The van der Waals surface area contributed by atoms with Crippen molar-refractivity contribution in [3.63, 3.8) is 0 Å². The summed E-state index contributed by atoms with van der Waals surface area (Å²) in [4.78, 5) is 2.46. The van der Waals surface area contributed by atoms with Crippen LogP contribution in [-0.2, 0) is 10.0 Å². The summed E-state index contributed by atoms with van der Waals surface area (Å²) in [6, 6.07) is 11.5. The van der Waals surface area contributed by atoms with Crippen LogP contribution < -0.4 is 15.5 Å². The standard InChI is InChI=1S/C29H46N4O2S.ClH/c1-32(2)28-14-8-13-27-26(28)12-9-15-29(27)36(34,35)33-20-16-25(17-21-33)23-31-19-7-6-18-30-22-24-10-4-3-5-11-24;/h8-9,12-15,24-25,30-31H,3-7,10-11,16-23H2,1-2H3;1H. The van der Waals surface area contributed by atoms with Gasteiger partial charge in [0.1, 0.15) is 0 Å². The zero-order chi connectivity index (χ0) is 25.4. The van der Waals surface area contributed by atoms with E-state index in [0.29, 0.717) is 23.9 Å². The molecule has 0 radical (unpaired) electrons. The number of benzene rings is 2. The summed E-state index contributed by atoms with van der Waals surface area (Å²) in [5.41, 5.74) is 1.04. The van der Waals surface area contributed by atoms with Crippen LogP contribution in [0.4, 0.5) is 5.69 Å². The molecule has 0 atom stereocenters. The number of piperidine rings is 1. The van der Waals surface area contributed by atoms with E-state index in [2.05, 4.69) is 10.6 Å². The Morgan fingerprint density at radius 3 is 2.00 bits per heavy atom. The molecule has 2 N–H and O–H groups in total. The number of anilines is 1. The number of nitrogens with one attached hydrogen (secondary N) is 2. The lowest BCUT2D eigenvalue weighted by Crippen LogP contribution is -2.40. The molecule has 2 fully saturated rings. The van der Waals surface area contributed by atoms with Gasteiger partial charge in [0.15, 0.2) is 0 Å². The third-order valence-electron chi connectivity index (χ3n) is 8.08. The van der Waals surface area contributed by atoms with Crippen molar-refractivity contribution in [2.24, 2.45) is 11.8 Å². The molecule has 208 valence electrons. The van der Waals surface area contributed by atoms with E-state index in [0.717, 1.165) is 54.9 Å². The Morgan fingerprint density at radius 1 is 0.811 bits per heavy atom. The van der Waals surface area contributed by atoms with E-state index >= 15 is 0 Å². The molecule has 0 unspecified atom stereocenters. The van der Waals surface area contributed by atoms with Crippen molar-refractivity contribution in [3.8, 4) is 0 Å². The number of nitrogens with zero attached hydrogens (tertiary/aromatic N) is 2. The quantitative estimate of drug-likeness (QED) is 0.353. The Morgan fingerprint density at radius 2 is 1.38 bits per heavy atom. The second kappa shape index (κ2) is 14.7. The topological polar surface area (TPSA) is 64.7 Å². The van der Waals surface area contributed by atoms with Gasteiger partial charge in [-0.3, -0.25) is 0 Å². The molecule has 2 aliphatic rings. The average Bonchev–Trinajstić information content (AvgIpc) is 2.90. The Hall–Kier alpha value is -1.38. The van der Waals surface area contributed by atoms with E-state index in [9.17, 15) is 8.42 Å². The zero-order valence-corrected chi connectivity index (χ0v) is 24.4. The smallest absolute Gasteiger partial charge is 0.243 e. The Kier molecular flexibility index (Phi) is 12.0. The lowest BCUT2D eigenvalue weighted by Gasteiger charge is -2.31. The van der Waals surface area contributed by atoms with Gasteiger partial charge in [0.2, 0.25) is 10.0 Å². The predicted molar refractivity (Wildman–Crippen MR) is 159 cm³/mol. The second-order valence-corrected chi connectivity index (χ2v) is 12.9. The van der Waals surface area contributed by atoms with Gasteiger partial charge in [-0.15, -0.1) is 12.4 Å². The molecule has 1 saturated heterocycles. The van der Waals surface area contributed by atoms with E-state index in [1.54, 1.807) is 10.4 Å². The molecule has 1 aliphatic carbocycles. The largest absolute Gasteiger partial charge is 0.377 e. The molecule has 0 aromatic heterocycles. The first-order valence-corrected chi connectivity index (χ1v) is 15.5. The van der Waals surface area contributed by atoms with E-state index < -0.39 is 10.0 Å². The normalized spacial score (nSPS) is 18.1. The highest BCUT2D eigenvalue weighted by Gasteiger charge is 2.30. The minimum Gasteiger partial charge on any atom is -0.377 e. The summed E-state index contributed by atoms with van der Waals surface area (Å²) in [7, 11) is 0.466. The molecule has 2 aromatic rings. The predicted octanol–water partition coefficient (Wildman–Crippen LogP) is 5.27. The number of halogens is 1. The fourth-order valence-electron chi connectivity index (χ4n) is 5.88. The molecular formula is C29H47ClN4O2S. The summed E-state index contributed by atoms with van der Waals surface area (Å²) in [6.07, 6.45) is 11.3. The van der Waals surface area contributed by atoms with E-state index in [-0.39, 0.29) is 12.4 Å². The molecule has 0 bridgehead atoms. The van der Waals surface area contributed by atoms with Crippen molar-refractivity contribution in [2.75, 3.05) is 58.3 Å². The molecule has 0 spiro atoms. The van der Waals surface area contributed by atoms with Gasteiger partial charge in [0.25, 0.3) is 0 Å². The van der Waals surface area contributed by atoms with Crippen molar-refractivity contribution in [1.29, 1.82) is 0 Å². The van der Waals surface area contributed by atoms with Crippen molar-refractivity contribution in [2.45, 2.75) is 62.7 Å². The molecule has 2 aromatic carbocycles. The van der Waals surface area contributed by atoms with Crippen LogP contribution in [-0.4, -0.2) is 66.1 Å². The Balaban J connectivity index is 0.00000380. The van der Waals surface area contributed by atoms with Crippen molar-refractivity contribution >= 4 is 38.9 Å². The summed E-state index contributed by atoms with van der Waals surface area (Å²) in [6.45, 7) is 5.56. The van der Waals surface area contributed by atoms with E-state index in [1.165, 1.54) is 51.5 Å². The Labute approximate surface area is 231 Å². The third-order valence-corrected chi connectivity index (χ3v) is 10.0. The summed E-state index contributed by atoms with van der Waals surface area (Å²) in [5.74, 6) is 1.46. The van der Waals surface area contributed by atoms with Crippen LogP contribution in [0.3, 0.4) is 0 Å². The maximum absolute atomic E-state index is 13.6. The number of hydrogen-bond donors (Lipinski definition) is 2. The molecule has 4 rings (SSSR count). The van der Waals surface area contributed by atoms with E-state index in [4.69, 9.17) is 0 Å². The minimum atomic E-state index is -3.51. The first-order valence-electron chi connectivity index (χ1n) is 14.1. The van der Waals surface area contributed by atoms with Gasteiger partial charge < -0.3 is 15.5 Å². The van der Waals surface area contributed by atoms with Crippen LogP contribution >= 0.6 is 12.4 Å². The van der Waals surface area contributed by atoms with Crippen molar-refractivity contribution in [1.82, 2.24) is 14.9 Å². The van der Waals surface area contributed by atoms with Crippen LogP contribution in [0.15, 0.2) is 41.3 Å². The van der Waals surface area contributed by atoms with Gasteiger partial charge in [-0.05, 0) is 88.7 Å². The third kappa shape index (κ3) is 8.06. The number of sulfonamides is 1. The molecule has 0 amide bonds. The average molecular weight is 551 g/mol. The fourth-order valence-corrected chi connectivity index (χ4v) is 7.55. The van der Waals surface area contributed by atoms with E-state index in [1.807, 2.05) is 49.3 Å². The SMILES string of the molecule is CN(C)c1cccc2c(S(=O)(=O)N3CCC(CNCCCCNCC4CCCCC4)CC3)cccc12.Cl. The minimum absolute atomic E-state index is 0. The Bertz CT molecular complexity index is 1060.